The van der Waals surface area contributed by atoms with Gasteiger partial charge in [0.15, 0.2) is 0 Å². The normalized spacial score (nSPS) is 12.7. The molecule has 0 saturated carbocycles. The molecular formula is C33H33N7O4S. The summed E-state index contributed by atoms with van der Waals surface area (Å²) in [5, 5.41) is 23.4. The molecule has 45 heavy (non-hydrogen) atoms. The predicted molar refractivity (Wildman–Crippen MR) is 173 cm³/mol. The van der Waals surface area contributed by atoms with Gasteiger partial charge in [-0.25, -0.2) is 19.3 Å². The van der Waals surface area contributed by atoms with E-state index >= 15 is 0 Å². The summed E-state index contributed by atoms with van der Waals surface area (Å²) in [7, 11) is 0. The number of aryl methyl sites for hydroxylation is 1. The highest BCUT2D eigenvalue weighted by molar-refractivity contribution is 7.19. The molecule has 1 saturated heterocycles. The van der Waals surface area contributed by atoms with Crippen LogP contribution in [0.4, 0.5) is 9.59 Å². The van der Waals surface area contributed by atoms with Gasteiger partial charge in [-0.3, -0.25) is 0 Å². The van der Waals surface area contributed by atoms with Crippen molar-refractivity contribution >= 4 is 23.5 Å². The van der Waals surface area contributed by atoms with Crippen LogP contribution < -0.4 is 15.4 Å². The molecule has 1 aliphatic heterocycles. The molecule has 3 N–H and O–H groups in total. The monoisotopic (exact) mass is 623 g/mol. The Kier molecular flexibility index (Phi) is 9.30. The summed E-state index contributed by atoms with van der Waals surface area (Å²) in [6.07, 6.45) is 3.04. The fourth-order valence-electron chi connectivity index (χ4n) is 5.12. The maximum atomic E-state index is 12.1. The number of unbranched alkanes of at least 4 members (excludes halogenated alkanes) is 1. The minimum atomic E-state index is -1.02. The van der Waals surface area contributed by atoms with Crippen molar-refractivity contribution in [2.75, 3.05) is 32.8 Å². The molecule has 0 spiro atoms. The van der Waals surface area contributed by atoms with Crippen LogP contribution in [0.5, 0.6) is 5.75 Å². The van der Waals surface area contributed by atoms with Crippen molar-refractivity contribution in [2.24, 2.45) is 0 Å². The van der Waals surface area contributed by atoms with Crippen molar-refractivity contribution in [1.82, 2.24) is 35.5 Å². The second-order valence-electron chi connectivity index (χ2n) is 10.5. The van der Waals surface area contributed by atoms with E-state index in [9.17, 15) is 9.59 Å². The zero-order valence-corrected chi connectivity index (χ0v) is 25.4. The van der Waals surface area contributed by atoms with Crippen LogP contribution in [0, 0.1) is 0 Å². The number of carboxylic acid groups (broad SMARTS) is 1. The lowest BCUT2D eigenvalue weighted by molar-refractivity contribution is 0.194. The van der Waals surface area contributed by atoms with Gasteiger partial charge in [0.2, 0.25) is 0 Å². The Hall–Kier alpha value is -5.23. The summed E-state index contributed by atoms with van der Waals surface area (Å²) in [5.41, 5.74) is 5.48. The number of thiazole rings is 1. The summed E-state index contributed by atoms with van der Waals surface area (Å²) in [4.78, 5) is 30.7. The number of hydrogen-bond acceptors (Lipinski definition) is 7. The van der Waals surface area contributed by atoms with Gasteiger partial charge in [0.05, 0.1) is 40.3 Å². The number of aromatic nitrogens is 4. The Morgan fingerprint density at radius 2 is 1.80 bits per heavy atom. The molecule has 12 heteroatoms. The molecule has 230 valence electrons. The van der Waals surface area contributed by atoms with Gasteiger partial charge in [0, 0.05) is 31.3 Å². The van der Waals surface area contributed by atoms with Gasteiger partial charge in [-0.15, -0.1) is 16.4 Å². The highest BCUT2D eigenvalue weighted by Gasteiger charge is 2.21. The number of carbonyl (C=O) groups is 2. The van der Waals surface area contributed by atoms with Gasteiger partial charge >= 0.3 is 12.1 Å². The lowest BCUT2D eigenvalue weighted by Crippen LogP contribution is -2.31. The number of nitrogens with zero attached hydrogens (tertiary/aromatic N) is 5. The molecule has 0 atom stereocenters. The molecule has 0 unspecified atom stereocenters. The van der Waals surface area contributed by atoms with Crippen LogP contribution in [-0.2, 0) is 6.42 Å². The van der Waals surface area contributed by atoms with E-state index in [-0.39, 0.29) is 6.03 Å². The fraction of sp³-hybridized carbons (Fsp3) is 0.242. The largest absolute Gasteiger partial charge is 0.491 e. The van der Waals surface area contributed by atoms with Gasteiger partial charge in [0.1, 0.15) is 17.4 Å². The van der Waals surface area contributed by atoms with Crippen LogP contribution in [0.15, 0.2) is 85.1 Å². The average Bonchev–Trinajstić information content (AvgIpc) is 3.82. The molecule has 0 radical (unpaired) electrons. The lowest BCUT2D eigenvalue weighted by Gasteiger charge is -2.16. The Bertz CT molecular complexity index is 1700. The molecule has 2 aromatic heterocycles. The number of rotatable bonds is 13. The second kappa shape index (κ2) is 14.0. The molecule has 3 heterocycles. The Morgan fingerprint density at radius 3 is 2.53 bits per heavy atom. The zero-order valence-electron chi connectivity index (χ0n) is 24.6. The number of benzene rings is 3. The maximum Gasteiger partial charge on any atom is 0.404 e. The van der Waals surface area contributed by atoms with Gasteiger partial charge in [-0.2, -0.15) is 0 Å². The van der Waals surface area contributed by atoms with E-state index in [0.717, 1.165) is 50.1 Å². The van der Waals surface area contributed by atoms with Crippen LogP contribution in [0.1, 0.15) is 18.5 Å². The maximum absolute atomic E-state index is 12.1. The first-order valence-electron chi connectivity index (χ1n) is 14.9. The van der Waals surface area contributed by atoms with E-state index in [1.54, 1.807) is 20.9 Å². The van der Waals surface area contributed by atoms with Gasteiger partial charge in [0.25, 0.3) is 0 Å². The van der Waals surface area contributed by atoms with E-state index in [1.807, 2.05) is 60.8 Å². The van der Waals surface area contributed by atoms with Crippen LogP contribution in [-0.4, -0.2) is 74.9 Å². The number of carbonyl (C=O) groups excluding carboxylic acids is 1. The summed E-state index contributed by atoms with van der Waals surface area (Å²) in [5.74, 6) is 0.636. The number of amides is 3. The summed E-state index contributed by atoms with van der Waals surface area (Å²) >= 11 is 1.61. The van der Waals surface area contributed by atoms with Crippen LogP contribution >= 0.6 is 11.3 Å². The molecule has 3 amide bonds. The Balaban J connectivity index is 1.30. The first-order chi connectivity index (χ1) is 22.0. The molecule has 0 bridgehead atoms. The summed E-state index contributed by atoms with van der Waals surface area (Å²) in [6, 6.07) is 26.2. The molecule has 0 aliphatic carbocycles. The summed E-state index contributed by atoms with van der Waals surface area (Å²) < 4.78 is 8.08. The van der Waals surface area contributed by atoms with E-state index in [0.29, 0.717) is 51.4 Å². The molecule has 3 aromatic carbocycles. The van der Waals surface area contributed by atoms with Crippen molar-refractivity contribution in [1.29, 1.82) is 0 Å². The highest BCUT2D eigenvalue weighted by Crippen LogP contribution is 2.43. The predicted octanol–water partition coefficient (Wildman–Crippen LogP) is 5.72. The molecule has 1 fully saturated rings. The smallest absolute Gasteiger partial charge is 0.404 e. The van der Waals surface area contributed by atoms with Gasteiger partial charge in [-0.1, -0.05) is 65.9 Å². The molecular weight excluding hydrogens is 590 g/mol. The van der Waals surface area contributed by atoms with Crippen molar-refractivity contribution < 1.29 is 19.4 Å². The van der Waals surface area contributed by atoms with Gasteiger partial charge < -0.3 is 25.4 Å². The van der Waals surface area contributed by atoms with Crippen LogP contribution in [0.3, 0.4) is 0 Å². The van der Waals surface area contributed by atoms with Crippen molar-refractivity contribution in [3.63, 3.8) is 0 Å². The third kappa shape index (κ3) is 7.29. The number of urea groups is 1. The van der Waals surface area contributed by atoms with Crippen molar-refractivity contribution in [3.05, 3.63) is 90.8 Å². The number of hydrogen-bond donors (Lipinski definition) is 3. The fourth-order valence-corrected chi connectivity index (χ4v) is 6.24. The SMILES string of the molecule is O=C(O)NCCCCc1cn(-c2ccc(-c3nc(-c4ccccc4)c(-c4ccccc4)s3)c(OCCN3CCNC3=O)c2)nn1. The second-order valence-corrected chi connectivity index (χ2v) is 11.5. The van der Waals surface area contributed by atoms with Crippen LogP contribution in [0.2, 0.25) is 0 Å². The quantitative estimate of drug-likeness (QED) is 0.143. The average molecular weight is 624 g/mol. The zero-order chi connectivity index (χ0) is 31.0. The Morgan fingerprint density at radius 1 is 1.02 bits per heavy atom. The topological polar surface area (TPSA) is 134 Å². The standard InChI is InChI=1S/C33H33N7O4S/c41-32-34-17-18-39(32)19-20-44-28-21-26(40-22-25(37-38-40)13-7-8-16-35-33(42)43)14-15-27(28)31-36-29(23-9-3-1-4-10-23)30(45-31)24-11-5-2-6-12-24/h1-6,9-12,14-15,21-22,35H,7-8,13,16-20H2,(H,34,41)(H,42,43). The minimum absolute atomic E-state index is 0.0820. The highest BCUT2D eigenvalue weighted by atomic mass is 32.1. The molecule has 6 rings (SSSR count). The van der Waals surface area contributed by atoms with Crippen LogP contribution in [0.25, 0.3) is 38.0 Å². The Labute approximate surface area is 264 Å². The van der Waals surface area contributed by atoms with E-state index in [2.05, 4.69) is 45.2 Å². The van der Waals surface area contributed by atoms with E-state index in [1.165, 1.54) is 0 Å². The molecule has 11 nitrogen and oxygen atoms in total. The van der Waals surface area contributed by atoms with E-state index < -0.39 is 6.09 Å². The third-order valence-corrected chi connectivity index (χ3v) is 8.55. The molecule has 1 aliphatic rings. The first kappa shape index (κ1) is 29.8. The number of ether oxygens (including phenoxy) is 1. The van der Waals surface area contributed by atoms with Crippen molar-refractivity contribution in [3.8, 4) is 43.7 Å². The van der Waals surface area contributed by atoms with Gasteiger partial charge in [-0.05, 0) is 37.0 Å². The summed E-state index contributed by atoms with van der Waals surface area (Å²) in [6.45, 7) is 2.46. The van der Waals surface area contributed by atoms with Crippen molar-refractivity contribution in [2.45, 2.75) is 19.3 Å². The number of nitrogens with one attached hydrogen (secondary N) is 2. The molecule has 5 aromatic rings. The lowest BCUT2D eigenvalue weighted by atomic mass is 10.1. The first-order valence-corrected chi connectivity index (χ1v) is 15.7. The minimum Gasteiger partial charge on any atom is -0.491 e. The van der Waals surface area contributed by atoms with E-state index in [4.69, 9.17) is 14.8 Å². The third-order valence-electron chi connectivity index (χ3n) is 7.41.